The number of methoxy groups -OCH3 is 1. The van der Waals surface area contributed by atoms with Crippen LogP contribution in [0.3, 0.4) is 0 Å². The average Bonchev–Trinajstić information content (AvgIpc) is 2.25. The maximum absolute atomic E-state index is 11.1. The summed E-state index contributed by atoms with van der Waals surface area (Å²) in [5.74, 6) is -0.230. The predicted octanol–water partition coefficient (Wildman–Crippen LogP) is 0.0758. The first-order chi connectivity index (χ1) is 7.17. The Labute approximate surface area is 91.3 Å². The number of aliphatic hydroxyl groups excluding tert-OH is 1. The summed E-state index contributed by atoms with van der Waals surface area (Å²) >= 11 is 5.54. The second-order valence-corrected chi connectivity index (χ2v) is 2.95. The van der Waals surface area contributed by atoms with Gasteiger partial charge in [-0.1, -0.05) is 0 Å². The fraction of sp³-hybridized carbons (Fsp3) is 0.375. The molecular formula is C8H10ClN3O3. The van der Waals surface area contributed by atoms with Gasteiger partial charge in [-0.25, -0.2) is 14.8 Å². The lowest BCUT2D eigenvalue weighted by molar-refractivity contribution is -0.142. The number of nitrogens with zero attached hydrogens (tertiary/aromatic N) is 2. The third-order valence-electron chi connectivity index (χ3n) is 1.62. The summed E-state index contributed by atoms with van der Waals surface area (Å²) in [5.41, 5.74) is 0. The van der Waals surface area contributed by atoms with Gasteiger partial charge in [-0.05, 0) is 17.7 Å². The Hall–Kier alpha value is -1.40. The van der Waals surface area contributed by atoms with E-state index in [1.54, 1.807) is 0 Å². The van der Waals surface area contributed by atoms with Gasteiger partial charge in [-0.15, -0.1) is 0 Å². The van der Waals surface area contributed by atoms with Crippen LogP contribution in [0.1, 0.15) is 0 Å². The molecule has 0 spiro atoms. The van der Waals surface area contributed by atoms with Gasteiger partial charge in [0.2, 0.25) is 5.28 Å². The Morgan fingerprint density at radius 1 is 1.80 bits per heavy atom. The fourth-order valence-corrected chi connectivity index (χ4v) is 1.06. The smallest absolute Gasteiger partial charge is 0.330 e. The standard InChI is InChI=1S/C8H10ClN3O3/c1-15-7(14)5(4-13)11-6-2-3-10-8(9)12-6/h2-3,5,13H,4H2,1H3,(H,10,11,12)/t5-/m0/s1. The van der Waals surface area contributed by atoms with E-state index >= 15 is 0 Å². The van der Waals surface area contributed by atoms with Crippen LogP contribution >= 0.6 is 11.6 Å². The molecule has 15 heavy (non-hydrogen) atoms. The highest BCUT2D eigenvalue weighted by molar-refractivity contribution is 6.28. The second-order valence-electron chi connectivity index (χ2n) is 2.61. The Morgan fingerprint density at radius 3 is 3.07 bits per heavy atom. The minimum Gasteiger partial charge on any atom is -0.467 e. The molecule has 0 amide bonds. The van der Waals surface area contributed by atoms with E-state index in [4.69, 9.17) is 16.7 Å². The number of carbonyl (C=O) groups is 1. The van der Waals surface area contributed by atoms with Crippen molar-refractivity contribution in [2.45, 2.75) is 6.04 Å². The zero-order valence-corrected chi connectivity index (χ0v) is 8.73. The van der Waals surface area contributed by atoms with Crippen LogP contribution in [0.2, 0.25) is 5.28 Å². The van der Waals surface area contributed by atoms with Crippen LogP contribution in [0.4, 0.5) is 5.82 Å². The van der Waals surface area contributed by atoms with E-state index in [9.17, 15) is 4.79 Å². The van der Waals surface area contributed by atoms with Crippen molar-refractivity contribution in [3.8, 4) is 0 Å². The Morgan fingerprint density at radius 2 is 2.53 bits per heavy atom. The molecule has 7 heteroatoms. The lowest BCUT2D eigenvalue weighted by Crippen LogP contribution is -2.34. The van der Waals surface area contributed by atoms with Crippen molar-refractivity contribution in [3.05, 3.63) is 17.5 Å². The van der Waals surface area contributed by atoms with E-state index in [0.29, 0.717) is 5.82 Å². The van der Waals surface area contributed by atoms with Gasteiger partial charge in [0.15, 0.2) is 0 Å². The van der Waals surface area contributed by atoms with Gasteiger partial charge in [0.05, 0.1) is 13.7 Å². The van der Waals surface area contributed by atoms with Crippen molar-refractivity contribution in [2.24, 2.45) is 0 Å². The maximum Gasteiger partial charge on any atom is 0.330 e. The molecule has 0 radical (unpaired) electrons. The van der Waals surface area contributed by atoms with Gasteiger partial charge in [0, 0.05) is 6.20 Å². The van der Waals surface area contributed by atoms with E-state index < -0.39 is 18.6 Å². The van der Waals surface area contributed by atoms with Gasteiger partial charge in [-0.3, -0.25) is 0 Å². The maximum atomic E-state index is 11.1. The summed E-state index contributed by atoms with van der Waals surface area (Å²) in [6.45, 7) is -0.395. The van der Waals surface area contributed by atoms with Crippen LogP contribution in [-0.4, -0.2) is 40.8 Å². The van der Waals surface area contributed by atoms with E-state index in [-0.39, 0.29) is 5.28 Å². The van der Waals surface area contributed by atoms with Crippen molar-refractivity contribution < 1.29 is 14.6 Å². The number of hydrogen-bond acceptors (Lipinski definition) is 6. The minimum absolute atomic E-state index is 0.0570. The van der Waals surface area contributed by atoms with Crippen LogP contribution in [0.5, 0.6) is 0 Å². The number of aromatic nitrogens is 2. The van der Waals surface area contributed by atoms with E-state index in [0.717, 1.165) is 0 Å². The lowest BCUT2D eigenvalue weighted by atomic mass is 10.3. The number of hydrogen-bond donors (Lipinski definition) is 2. The Balaban J connectivity index is 2.70. The highest BCUT2D eigenvalue weighted by atomic mass is 35.5. The van der Waals surface area contributed by atoms with Crippen LogP contribution in [0.15, 0.2) is 12.3 Å². The molecule has 1 aromatic heterocycles. The molecule has 0 fully saturated rings. The monoisotopic (exact) mass is 231 g/mol. The first-order valence-electron chi connectivity index (χ1n) is 4.11. The number of ether oxygens (including phenoxy) is 1. The molecule has 0 aliphatic carbocycles. The van der Waals surface area contributed by atoms with E-state index in [1.807, 2.05) is 0 Å². The van der Waals surface area contributed by atoms with E-state index in [1.165, 1.54) is 19.4 Å². The topological polar surface area (TPSA) is 84.3 Å². The molecule has 82 valence electrons. The minimum atomic E-state index is -0.860. The highest BCUT2D eigenvalue weighted by Gasteiger charge is 2.18. The molecule has 6 nitrogen and oxygen atoms in total. The summed E-state index contributed by atoms with van der Waals surface area (Å²) < 4.78 is 4.47. The molecule has 0 aromatic carbocycles. The zero-order valence-electron chi connectivity index (χ0n) is 7.98. The second kappa shape index (κ2) is 5.47. The van der Waals surface area contributed by atoms with Crippen molar-refractivity contribution >= 4 is 23.4 Å². The molecule has 0 saturated heterocycles. The average molecular weight is 232 g/mol. The molecule has 0 aliphatic rings. The number of rotatable bonds is 4. The van der Waals surface area contributed by atoms with Crippen molar-refractivity contribution in [2.75, 3.05) is 19.0 Å². The van der Waals surface area contributed by atoms with Crippen LogP contribution in [-0.2, 0) is 9.53 Å². The van der Waals surface area contributed by atoms with Gasteiger partial charge >= 0.3 is 5.97 Å². The first kappa shape index (κ1) is 11.7. The quantitative estimate of drug-likeness (QED) is 0.564. The summed E-state index contributed by atoms with van der Waals surface area (Å²) in [7, 11) is 1.24. The number of nitrogens with one attached hydrogen (secondary N) is 1. The van der Waals surface area contributed by atoms with Gasteiger partial charge in [0.25, 0.3) is 0 Å². The molecular weight excluding hydrogens is 222 g/mol. The zero-order chi connectivity index (χ0) is 11.3. The SMILES string of the molecule is COC(=O)[C@H](CO)Nc1ccnc(Cl)n1. The van der Waals surface area contributed by atoms with Crippen molar-refractivity contribution in [1.82, 2.24) is 9.97 Å². The highest BCUT2D eigenvalue weighted by Crippen LogP contribution is 2.07. The molecule has 1 aromatic rings. The first-order valence-corrected chi connectivity index (χ1v) is 4.49. The summed E-state index contributed by atoms with van der Waals surface area (Å²) in [4.78, 5) is 18.6. The van der Waals surface area contributed by atoms with Crippen LogP contribution < -0.4 is 5.32 Å². The number of carbonyl (C=O) groups excluding carboxylic acids is 1. The van der Waals surface area contributed by atoms with Gasteiger partial charge in [-0.2, -0.15) is 0 Å². The third kappa shape index (κ3) is 3.34. The summed E-state index contributed by atoms with van der Waals surface area (Å²) in [5, 5.41) is 11.6. The number of halogens is 1. The van der Waals surface area contributed by atoms with Gasteiger partial charge < -0.3 is 15.2 Å². The molecule has 0 bridgehead atoms. The van der Waals surface area contributed by atoms with Crippen molar-refractivity contribution in [3.63, 3.8) is 0 Å². The molecule has 2 N–H and O–H groups in total. The number of aliphatic hydroxyl groups is 1. The fourth-order valence-electron chi connectivity index (χ4n) is 0.915. The predicted molar refractivity (Wildman–Crippen MR) is 53.6 cm³/mol. The van der Waals surface area contributed by atoms with Crippen molar-refractivity contribution in [1.29, 1.82) is 0 Å². The normalized spacial score (nSPS) is 11.9. The third-order valence-corrected chi connectivity index (χ3v) is 1.80. The molecule has 0 saturated carbocycles. The molecule has 0 aliphatic heterocycles. The number of esters is 1. The van der Waals surface area contributed by atoms with E-state index in [2.05, 4.69) is 20.0 Å². The summed E-state index contributed by atoms with van der Waals surface area (Å²) in [6, 6.07) is 0.665. The lowest BCUT2D eigenvalue weighted by Gasteiger charge is -2.13. The Bertz CT molecular complexity index is 348. The molecule has 0 unspecified atom stereocenters. The summed E-state index contributed by atoms with van der Waals surface area (Å²) in [6.07, 6.45) is 1.43. The largest absolute Gasteiger partial charge is 0.467 e. The van der Waals surface area contributed by atoms with Crippen LogP contribution in [0, 0.1) is 0 Å². The molecule has 1 atom stereocenters. The van der Waals surface area contributed by atoms with Gasteiger partial charge in [0.1, 0.15) is 11.9 Å². The van der Waals surface area contributed by atoms with Crippen LogP contribution in [0.25, 0.3) is 0 Å². The Kier molecular flexibility index (Phi) is 4.26. The number of anilines is 1. The molecule has 1 rings (SSSR count). The molecule has 1 heterocycles.